The second-order valence-electron chi connectivity index (χ2n) is 4.71. The van der Waals surface area contributed by atoms with Gasteiger partial charge in [0, 0.05) is 23.5 Å². The van der Waals surface area contributed by atoms with Crippen molar-refractivity contribution in [3.8, 4) is 17.0 Å². The van der Waals surface area contributed by atoms with Gasteiger partial charge in [-0.25, -0.2) is 4.98 Å². The van der Waals surface area contributed by atoms with Crippen LogP contribution in [0.5, 0.6) is 5.75 Å². The first-order chi connectivity index (χ1) is 9.36. The van der Waals surface area contributed by atoms with Crippen molar-refractivity contribution in [3.05, 3.63) is 34.7 Å². The van der Waals surface area contributed by atoms with E-state index in [1.807, 2.05) is 25.1 Å². The predicted molar refractivity (Wildman–Crippen MR) is 78.6 cm³/mol. The van der Waals surface area contributed by atoms with Gasteiger partial charge in [0.1, 0.15) is 10.8 Å². The fraction of sp³-hybridized carbons (Fsp3) is 0.400. The molecular formula is C15H18N2OS. The molecule has 3 nitrogen and oxygen atoms in total. The minimum Gasteiger partial charge on any atom is -0.493 e. The summed E-state index contributed by atoms with van der Waals surface area (Å²) in [6.45, 7) is 3.56. The van der Waals surface area contributed by atoms with Crippen LogP contribution in [0.15, 0.2) is 29.6 Å². The Labute approximate surface area is 117 Å². The molecule has 1 fully saturated rings. The Bertz CT molecular complexity index is 549. The zero-order valence-corrected chi connectivity index (χ0v) is 11.9. The standard InChI is InChI=1S/C15H18N2OS/c1-2-18-14-6-4-3-5-12(14)13-10-19-15(17-13)9-16-11-7-8-11/h3-6,10-11,16H,2,7-9H2,1H3. The van der Waals surface area contributed by atoms with Crippen LogP contribution in [0, 0.1) is 0 Å². The smallest absolute Gasteiger partial charge is 0.128 e. The molecule has 0 spiro atoms. The van der Waals surface area contributed by atoms with Crippen LogP contribution < -0.4 is 10.1 Å². The van der Waals surface area contributed by atoms with E-state index in [1.165, 1.54) is 12.8 Å². The number of hydrogen-bond acceptors (Lipinski definition) is 4. The van der Waals surface area contributed by atoms with Gasteiger partial charge in [0.05, 0.1) is 12.3 Å². The number of nitrogens with one attached hydrogen (secondary N) is 1. The molecule has 1 aromatic heterocycles. The molecule has 0 saturated heterocycles. The van der Waals surface area contributed by atoms with Crippen molar-refractivity contribution in [2.45, 2.75) is 32.4 Å². The van der Waals surface area contributed by atoms with Crippen LogP contribution in [-0.2, 0) is 6.54 Å². The largest absolute Gasteiger partial charge is 0.493 e. The van der Waals surface area contributed by atoms with Gasteiger partial charge < -0.3 is 10.1 Å². The molecule has 4 heteroatoms. The van der Waals surface area contributed by atoms with Crippen LogP contribution in [0.1, 0.15) is 24.8 Å². The third-order valence-electron chi connectivity index (χ3n) is 3.13. The second-order valence-corrected chi connectivity index (χ2v) is 5.65. The van der Waals surface area contributed by atoms with E-state index in [-0.39, 0.29) is 0 Å². The van der Waals surface area contributed by atoms with E-state index in [4.69, 9.17) is 9.72 Å². The highest BCUT2D eigenvalue weighted by Gasteiger charge is 2.20. The fourth-order valence-electron chi connectivity index (χ4n) is 1.99. The van der Waals surface area contributed by atoms with Gasteiger partial charge in [0.15, 0.2) is 0 Å². The Balaban J connectivity index is 1.77. The van der Waals surface area contributed by atoms with Crippen LogP contribution in [0.3, 0.4) is 0 Å². The lowest BCUT2D eigenvalue weighted by Gasteiger charge is -2.07. The third kappa shape index (κ3) is 3.14. The molecule has 0 amide bonds. The quantitative estimate of drug-likeness (QED) is 0.876. The van der Waals surface area contributed by atoms with E-state index in [2.05, 4.69) is 16.8 Å². The number of para-hydroxylation sites is 1. The zero-order chi connectivity index (χ0) is 13.1. The Hall–Kier alpha value is -1.39. The van der Waals surface area contributed by atoms with Crippen LogP contribution in [0.4, 0.5) is 0 Å². The number of thiazole rings is 1. The van der Waals surface area contributed by atoms with Crippen molar-refractivity contribution < 1.29 is 4.74 Å². The molecule has 0 atom stereocenters. The highest BCUT2D eigenvalue weighted by molar-refractivity contribution is 7.09. The molecule has 1 N–H and O–H groups in total. The van der Waals surface area contributed by atoms with Crippen LogP contribution in [0.25, 0.3) is 11.3 Å². The molecule has 0 bridgehead atoms. The molecule has 100 valence electrons. The van der Waals surface area contributed by atoms with E-state index >= 15 is 0 Å². The number of aromatic nitrogens is 1. The van der Waals surface area contributed by atoms with E-state index in [0.29, 0.717) is 6.61 Å². The van der Waals surface area contributed by atoms with Gasteiger partial charge in [-0.2, -0.15) is 0 Å². The summed E-state index contributed by atoms with van der Waals surface area (Å²) in [5.41, 5.74) is 2.10. The molecule has 1 saturated carbocycles. The third-order valence-corrected chi connectivity index (χ3v) is 3.98. The van der Waals surface area contributed by atoms with Gasteiger partial charge in [-0.1, -0.05) is 12.1 Å². The molecule has 1 heterocycles. The van der Waals surface area contributed by atoms with E-state index in [0.717, 1.165) is 34.6 Å². The first kappa shape index (κ1) is 12.6. The number of nitrogens with zero attached hydrogens (tertiary/aromatic N) is 1. The number of benzene rings is 1. The molecular weight excluding hydrogens is 256 g/mol. The minimum absolute atomic E-state index is 0.678. The van der Waals surface area contributed by atoms with Gasteiger partial charge in [-0.15, -0.1) is 11.3 Å². The average molecular weight is 274 g/mol. The molecule has 1 aromatic carbocycles. The summed E-state index contributed by atoms with van der Waals surface area (Å²) in [5, 5.41) is 6.75. The van der Waals surface area contributed by atoms with Crippen LogP contribution in [-0.4, -0.2) is 17.6 Å². The lowest BCUT2D eigenvalue weighted by Crippen LogP contribution is -2.14. The zero-order valence-electron chi connectivity index (χ0n) is 11.1. The van der Waals surface area contributed by atoms with E-state index in [1.54, 1.807) is 11.3 Å². The first-order valence-electron chi connectivity index (χ1n) is 6.77. The van der Waals surface area contributed by atoms with E-state index < -0.39 is 0 Å². The normalized spacial score (nSPS) is 14.6. The first-order valence-corrected chi connectivity index (χ1v) is 7.64. The Morgan fingerprint density at radius 2 is 2.21 bits per heavy atom. The van der Waals surface area contributed by atoms with Crippen LogP contribution >= 0.6 is 11.3 Å². The number of hydrogen-bond donors (Lipinski definition) is 1. The monoisotopic (exact) mass is 274 g/mol. The lowest BCUT2D eigenvalue weighted by atomic mass is 10.1. The second kappa shape index (κ2) is 5.72. The Morgan fingerprint density at radius 3 is 3.00 bits per heavy atom. The van der Waals surface area contributed by atoms with Crippen molar-refractivity contribution in [1.82, 2.24) is 10.3 Å². The summed E-state index contributed by atoms with van der Waals surface area (Å²) in [6, 6.07) is 8.82. The molecule has 1 aliphatic carbocycles. The summed E-state index contributed by atoms with van der Waals surface area (Å²) in [5.74, 6) is 0.914. The van der Waals surface area contributed by atoms with Gasteiger partial charge in [0.25, 0.3) is 0 Å². The van der Waals surface area contributed by atoms with Crippen molar-refractivity contribution in [1.29, 1.82) is 0 Å². The van der Waals surface area contributed by atoms with Crippen LogP contribution in [0.2, 0.25) is 0 Å². The molecule has 0 radical (unpaired) electrons. The molecule has 0 unspecified atom stereocenters. The maximum absolute atomic E-state index is 5.66. The Morgan fingerprint density at radius 1 is 1.37 bits per heavy atom. The number of rotatable bonds is 6. The summed E-state index contributed by atoms with van der Waals surface area (Å²) in [6.07, 6.45) is 2.62. The van der Waals surface area contributed by atoms with E-state index in [9.17, 15) is 0 Å². The molecule has 2 aromatic rings. The lowest BCUT2D eigenvalue weighted by molar-refractivity contribution is 0.341. The van der Waals surface area contributed by atoms with Gasteiger partial charge in [-0.05, 0) is 31.9 Å². The maximum Gasteiger partial charge on any atom is 0.128 e. The van der Waals surface area contributed by atoms with Crippen molar-refractivity contribution in [3.63, 3.8) is 0 Å². The van der Waals surface area contributed by atoms with Crippen molar-refractivity contribution in [2.24, 2.45) is 0 Å². The molecule has 3 rings (SSSR count). The summed E-state index contributed by atoms with van der Waals surface area (Å²) < 4.78 is 5.66. The topological polar surface area (TPSA) is 34.1 Å². The predicted octanol–water partition coefficient (Wildman–Crippen LogP) is 3.46. The molecule has 0 aliphatic heterocycles. The summed E-state index contributed by atoms with van der Waals surface area (Å²) in [4.78, 5) is 4.70. The SMILES string of the molecule is CCOc1ccccc1-c1csc(CNC2CC2)n1. The van der Waals surface area contributed by atoms with Gasteiger partial charge in [-0.3, -0.25) is 0 Å². The maximum atomic E-state index is 5.66. The minimum atomic E-state index is 0.678. The number of ether oxygens (including phenoxy) is 1. The molecule has 19 heavy (non-hydrogen) atoms. The van der Waals surface area contributed by atoms with Crippen molar-refractivity contribution >= 4 is 11.3 Å². The fourth-order valence-corrected chi connectivity index (χ4v) is 2.74. The summed E-state index contributed by atoms with van der Waals surface area (Å²) >= 11 is 1.71. The molecule has 1 aliphatic rings. The summed E-state index contributed by atoms with van der Waals surface area (Å²) in [7, 11) is 0. The average Bonchev–Trinajstić information content (AvgIpc) is 3.15. The highest BCUT2D eigenvalue weighted by atomic mass is 32.1. The van der Waals surface area contributed by atoms with Crippen molar-refractivity contribution in [2.75, 3.05) is 6.61 Å². The van der Waals surface area contributed by atoms with Gasteiger partial charge in [0.2, 0.25) is 0 Å². The highest BCUT2D eigenvalue weighted by Crippen LogP contribution is 2.31. The Kier molecular flexibility index (Phi) is 3.80. The van der Waals surface area contributed by atoms with Gasteiger partial charge >= 0.3 is 0 Å².